The van der Waals surface area contributed by atoms with E-state index in [9.17, 15) is 13.2 Å². The normalized spacial score (nSPS) is 18.2. The molecule has 2 aliphatic rings. The van der Waals surface area contributed by atoms with Crippen molar-refractivity contribution in [1.82, 2.24) is 24.4 Å². The number of nitrogens with zero attached hydrogens (tertiary/aromatic N) is 5. The summed E-state index contributed by atoms with van der Waals surface area (Å²) in [7, 11) is -1.83. The molecule has 2 aromatic rings. The molecule has 1 amide bonds. The van der Waals surface area contributed by atoms with E-state index < -0.39 is 10.0 Å². The van der Waals surface area contributed by atoms with E-state index in [2.05, 4.69) is 24.5 Å². The molecule has 1 aromatic heterocycles. The molecule has 0 unspecified atom stereocenters. The van der Waals surface area contributed by atoms with Gasteiger partial charge >= 0.3 is 0 Å². The summed E-state index contributed by atoms with van der Waals surface area (Å²) < 4.78 is 28.6. The van der Waals surface area contributed by atoms with Gasteiger partial charge in [0.15, 0.2) is 5.82 Å². The number of hydrogen-bond donors (Lipinski definition) is 1. The Balaban J connectivity index is 1.38. The summed E-state index contributed by atoms with van der Waals surface area (Å²) in [6.07, 6.45) is 2.18. The summed E-state index contributed by atoms with van der Waals surface area (Å²) in [5.74, 6) is 1.98. The molecule has 3 heterocycles. The van der Waals surface area contributed by atoms with Crippen molar-refractivity contribution >= 4 is 21.8 Å². The van der Waals surface area contributed by atoms with Crippen molar-refractivity contribution in [2.24, 2.45) is 4.99 Å². The van der Waals surface area contributed by atoms with Crippen molar-refractivity contribution < 1.29 is 13.2 Å². The second kappa shape index (κ2) is 6.76. The molecule has 0 aliphatic carbocycles. The van der Waals surface area contributed by atoms with Crippen molar-refractivity contribution in [2.45, 2.75) is 37.2 Å². The van der Waals surface area contributed by atoms with Crippen LogP contribution in [0.4, 0.5) is 0 Å². The van der Waals surface area contributed by atoms with Gasteiger partial charge in [-0.05, 0) is 18.6 Å². The minimum absolute atomic E-state index is 0.0798. The molecule has 142 valence electrons. The van der Waals surface area contributed by atoms with Crippen LogP contribution in [0.25, 0.3) is 0 Å². The van der Waals surface area contributed by atoms with Crippen molar-refractivity contribution in [1.29, 1.82) is 0 Å². The Morgan fingerprint density at radius 2 is 2.15 bits per heavy atom. The molecule has 0 saturated carbocycles. The van der Waals surface area contributed by atoms with Gasteiger partial charge in [-0.25, -0.2) is 8.42 Å². The van der Waals surface area contributed by atoms with E-state index >= 15 is 0 Å². The first-order chi connectivity index (χ1) is 13.0. The van der Waals surface area contributed by atoms with E-state index in [0.717, 1.165) is 31.0 Å². The first kappa shape index (κ1) is 17.7. The zero-order chi connectivity index (χ0) is 19.0. The largest absolute Gasteiger partial charge is 0.338 e. The number of fused-ring (bicyclic) bond motifs is 2. The lowest BCUT2D eigenvalue weighted by molar-refractivity contribution is -0.130. The van der Waals surface area contributed by atoms with Crippen LogP contribution in [-0.4, -0.2) is 53.4 Å². The quantitative estimate of drug-likeness (QED) is 0.793. The third kappa shape index (κ3) is 3.32. The van der Waals surface area contributed by atoms with Gasteiger partial charge in [-0.3, -0.25) is 14.5 Å². The first-order valence-electron chi connectivity index (χ1n) is 8.77. The average molecular weight is 388 g/mol. The summed E-state index contributed by atoms with van der Waals surface area (Å²) in [5, 5.41) is 8.31. The summed E-state index contributed by atoms with van der Waals surface area (Å²) >= 11 is 0. The Hall–Kier alpha value is -2.75. The maximum absolute atomic E-state index is 12.4. The van der Waals surface area contributed by atoms with Crippen LogP contribution in [0.2, 0.25) is 0 Å². The average Bonchev–Trinajstić information content (AvgIpc) is 3.31. The zero-order valence-electron chi connectivity index (χ0n) is 14.9. The number of hydrogen-bond acceptors (Lipinski definition) is 6. The summed E-state index contributed by atoms with van der Waals surface area (Å²) in [6, 6.07) is 6.66. The van der Waals surface area contributed by atoms with Gasteiger partial charge in [-0.2, -0.15) is 0 Å². The SMILES string of the molecule is CN(Cc1nnc2n1CCC2)C(=O)CCN=C1NS(=O)(=O)c2ccccc21. The molecule has 1 N–H and O–H groups in total. The Bertz CT molecular complexity index is 1030. The van der Waals surface area contributed by atoms with Crippen molar-refractivity contribution in [2.75, 3.05) is 13.6 Å². The van der Waals surface area contributed by atoms with Gasteiger partial charge in [0, 0.05) is 32.0 Å². The number of amidine groups is 1. The van der Waals surface area contributed by atoms with Gasteiger partial charge in [0.2, 0.25) is 5.91 Å². The maximum atomic E-state index is 12.4. The molecule has 0 radical (unpaired) electrons. The van der Waals surface area contributed by atoms with Crippen molar-refractivity contribution in [3.05, 3.63) is 41.5 Å². The fourth-order valence-corrected chi connectivity index (χ4v) is 4.58. The number of sulfonamides is 1. The molecule has 27 heavy (non-hydrogen) atoms. The van der Waals surface area contributed by atoms with E-state index in [1.807, 2.05) is 0 Å². The van der Waals surface area contributed by atoms with Crippen LogP contribution < -0.4 is 4.72 Å². The molecule has 0 fully saturated rings. The third-order valence-corrected chi connectivity index (χ3v) is 6.15. The Kier molecular flexibility index (Phi) is 4.42. The number of nitrogens with one attached hydrogen (secondary N) is 1. The van der Waals surface area contributed by atoms with E-state index in [-0.39, 0.29) is 29.6 Å². The molecule has 0 saturated heterocycles. The van der Waals surface area contributed by atoms with Crippen LogP contribution in [-0.2, 0) is 34.3 Å². The lowest BCUT2D eigenvalue weighted by Crippen LogP contribution is -2.28. The summed E-state index contributed by atoms with van der Waals surface area (Å²) in [5.41, 5.74) is 0.539. The smallest absolute Gasteiger partial charge is 0.263 e. The minimum atomic E-state index is -3.56. The highest BCUT2D eigenvalue weighted by Gasteiger charge is 2.30. The van der Waals surface area contributed by atoms with Gasteiger partial charge in [-0.15, -0.1) is 10.2 Å². The Morgan fingerprint density at radius 3 is 3.00 bits per heavy atom. The number of amides is 1. The molecule has 4 rings (SSSR count). The predicted octanol–water partition coefficient (Wildman–Crippen LogP) is 0.312. The minimum Gasteiger partial charge on any atom is -0.338 e. The van der Waals surface area contributed by atoms with Gasteiger partial charge < -0.3 is 9.47 Å². The number of aliphatic imine (C=N–C) groups is 1. The highest BCUT2D eigenvalue weighted by atomic mass is 32.2. The van der Waals surface area contributed by atoms with Crippen molar-refractivity contribution in [3.63, 3.8) is 0 Å². The van der Waals surface area contributed by atoms with Gasteiger partial charge in [0.05, 0.1) is 18.0 Å². The molecule has 2 aliphatic heterocycles. The van der Waals surface area contributed by atoms with E-state index in [0.29, 0.717) is 12.1 Å². The number of carbonyl (C=O) groups excluding carboxylic acids is 1. The molecule has 0 bridgehead atoms. The van der Waals surface area contributed by atoms with Crippen LogP contribution in [0.15, 0.2) is 34.2 Å². The second-order valence-electron chi connectivity index (χ2n) is 6.62. The number of benzene rings is 1. The molecule has 0 atom stereocenters. The fraction of sp³-hybridized carbons (Fsp3) is 0.412. The topological polar surface area (TPSA) is 110 Å². The number of aryl methyl sites for hydroxylation is 1. The number of aromatic nitrogens is 3. The maximum Gasteiger partial charge on any atom is 0.263 e. The van der Waals surface area contributed by atoms with Gasteiger partial charge in [-0.1, -0.05) is 12.1 Å². The molecule has 10 heteroatoms. The summed E-state index contributed by atoms with van der Waals surface area (Å²) in [6.45, 7) is 1.50. The Labute approximate surface area is 157 Å². The Morgan fingerprint density at radius 1 is 1.33 bits per heavy atom. The van der Waals surface area contributed by atoms with Crippen LogP contribution in [0, 0.1) is 0 Å². The second-order valence-corrected chi connectivity index (χ2v) is 8.27. The van der Waals surface area contributed by atoms with Crippen LogP contribution in [0.5, 0.6) is 0 Å². The molecular weight excluding hydrogens is 368 g/mol. The van der Waals surface area contributed by atoms with Gasteiger partial charge in [0.1, 0.15) is 11.7 Å². The van der Waals surface area contributed by atoms with E-state index in [1.165, 1.54) is 6.07 Å². The molecular formula is C17H20N6O3S. The molecule has 1 aromatic carbocycles. The molecule has 0 spiro atoms. The predicted molar refractivity (Wildman–Crippen MR) is 97.6 cm³/mol. The number of rotatable bonds is 5. The fourth-order valence-electron chi connectivity index (χ4n) is 3.33. The zero-order valence-corrected chi connectivity index (χ0v) is 15.7. The summed E-state index contributed by atoms with van der Waals surface area (Å²) in [4.78, 5) is 18.5. The highest BCUT2D eigenvalue weighted by Crippen LogP contribution is 2.22. The monoisotopic (exact) mass is 388 g/mol. The van der Waals surface area contributed by atoms with Crippen LogP contribution in [0.3, 0.4) is 0 Å². The van der Waals surface area contributed by atoms with E-state index in [4.69, 9.17) is 0 Å². The van der Waals surface area contributed by atoms with Crippen LogP contribution >= 0.6 is 0 Å². The van der Waals surface area contributed by atoms with E-state index in [1.54, 1.807) is 30.1 Å². The highest BCUT2D eigenvalue weighted by molar-refractivity contribution is 7.90. The third-order valence-electron chi connectivity index (χ3n) is 4.75. The van der Waals surface area contributed by atoms with Gasteiger partial charge in [0.25, 0.3) is 10.0 Å². The first-order valence-corrected chi connectivity index (χ1v) is 10.3. The lowest BCUT2D eigenvalue weighted by atomic mass is 10.2. The standard InChI is InChI=1S/C17H20N6O3S/c1-22(11-15-20-19-14-7-4-10-23(14)15)16(24)8-9-18-17-12-5-2-3-6-13(12)27(25,26)21-17/h2-3,5-6H,4,7-11H2,1H3,(H,18,21). The molecule has 9 nitrogen and oxygen atoms in total. The number of carbonyl (C=O) groups is 1. The van der Waals surface area contributed by atoms with Crippen molar-refractivity contribution in [3.8, 4) is 0 Å². The van der Waals surface area contributed by atoms with Crippen LogP contribution in [0.1, 0.15) is 30.1 Å². The lowest BCUT2D eigenvalue weighted by Gasteiger charge is -2.16.